The monoisotopic (exact) mass is 445 g/mol. The summed E-state index contributed by atoms with van der Waals surface area (Å²) >= 11 is 0. The third-order valence-corrected chi connectivity index (χ3v) is 6.57. The van der Waals surface area contributed by atoms with Crippen LogP contribution >= 0.6 is 0 Å². The lowest BCUT2D eigenvalue weighted by Gasteiger charge is -2.36. The van der Waals surface area contributed by atoms with Crippen molar-refractivity contribution in [2.24, 2.45) is 17.8 Å². The van der Waals surface area contributed by atoms with Crippen LogP contribution in [0.2, 0.25) is 0 Å². The molecule has 5 heteroatoms. The second kappa shape index (κ2) is 10.2. The zero-order valence-electron chi connectivity index (χ0n) is 19.5. The fraction of sp³-hybridized carbons (Fsp3) is 0.393. The fourth-order valence-corrected chi connectivity index (χ4v) is 4.76. The number of para-hydroxylation sites is 1. The highest BCUT2D eigenvalue weighted by Gasteiger charge is 2.33. The predicted molar refractivity (Wildman–Crippen MR) is 129 cm³/mol. The van der Waals surface area contributed by atoms with E-state index >= 15 is 0 Å². The summed E-state index contributed by atoms with van der Waals surface area (Å²) in [6.45, 7) is 6.13. The van der Waals surface area contributed by atoms with Crippen LogP contribution in [0, 0.1) is 17.8 Å². The van der Waals surface area contributed by atoms with Crippen LogP contribution in [0.25, 0.3) is 22.2 Å². The van der Waals surface area contributed by atoms with Gasteiger partial charge in [-0.1, -0.05) is 75.7 Å². The molecule has 3 aromatic rings. The Kier molecular flexibility index (Phi) is 7.07. The number of carbonyl (C=O) groups excluding carboxylic acids is 2. The molecule has 1 aliphatic carbocycles. The minimum Gasteiger partial charge on any atom is -0.460 e. The van der Waals surface area contributed by atoms with Crippen molar-refractivity contribution < 1.29 is 19.1 Å². The average Bonchev–Trinajstić information content (AvgIpc) is 2.82. The Bertz CT molecular complexity index is 1130. The summed E-state index contributed by atoms with van der Waals surface area (Å²) in [5.41, 5.74) is 2.67. The molecule has 0 N–H and O–H groups in total. The van der Waals surface area contributed by atoms with E-state index in [-0.39, 0.29) is 6.10 Å². The standard InChI is InChI=1S/C28H31NO4/c1-18(2)21-14-13-19(3)15-26(21)33-27(30)17-32-28(31)23-16-25(20-9-5-4-6-10-20)29-24-12-8-7-11-22(23)24/h4-12,16,18-19,21,26H,13-15,17H2,1-3H3. The second-order valence-corrected chi connectivity index (χ2v) is 9.37. The molecular weight excluding hydrogens is 414 g/mol. The highest BCUT2D eigenvalue weighted by atomic mass is 16.6. The Morgan fingerprint density at radius 3 is 2.52 bits per heavy atom. The number of ether oxygens (including phenoxy) is 2. The van der Waals surface area contributed by atoms with Gasteiger partial charge in [0.15, 0.2) is 6.61 Å². The van der Waals surface area contributed by atoms with Gasteiger partial charge in [0.25, 0.3) is 0 Å². The number of aromatic nitrogens is 1. The molecule has 1 saturated carbocycles. The summed E-state index contributed by atoms with van der Waals surface area (Å²) in [5.74, 6) is 0.269. The highest BCUT2D eigenvalue weighted by molar-refractivity contribution is 6.05. The van der Waals surface area contributed by atoms with E-state index in [0.29, 0.717) is 39.9 Å². The van der Waals surface area contributed by atoms with E-state index in [4.69, 9.17) is 14.5 Å². The van der Waals surface area contributed by atoms with Gasteiger partial charge in [-0.2, -0.15) is 0 Å². The van der Waals surface area contributed by atoms with Gasteiger partial charge < -0.3 is 9.47 Å². The number of benzene rings is 2. The quantitative estimate of drug-likeness (QED) is 0.431. The fourth-order valence-electron chi connectivity index (χ4n) is 4.76. The molecule has 1 fully saturated rings. The van der Waals surface area contributed by atoms with Crippen LogP contribution in [0.1, 0.15) is 50.4 Å². The molecule has 1 aromatic heterocycles. The maximum atomic E-state index is 13.0. The molecule has 0 spiro atoms. The van der Waals surface area contributed by atoms with Crippen molar-refractivity contribution in [3.05, 3.63) is 66.2 Å². The largest absolute Gasteiger partial charge is 0.460 e. The first-order valence-corrected chi connectivity index (χ1v) is 11.7. The minimum absolute atomic E-state index is 0.119. The number of esters is 2. The first-order chi connectivity index (χ1) is 15.9. The number of nitrogens with zero attached hydrogens (tertiary/aromatic N) is 1. The summed E-state index contributed by atoms with van der Waals surface area (Å²) in [6, 6.07) is 18.8. The zero-order chi connectivity index (χ0) is 23.4. The minimum atomic E-state index is -0.555. The normalized spacial score (nSPS) is 20.5. The molecule has 0 aliphatic heterocycles. The molecule has 172 valence electrons. The molecule has 0 amide bonds. The summed E-state index contributed by atoms with van der Waals surface area (Å²) in [5, 5.41) is 0.691. The van der Waals surface area contributed by atoms with Gasteiger partial charge in [-0.25, -0.2) is 14.6 Å². The van der Waals surface area contributed by atoms with Crippen molar-refractivity contribution >= 4 is 22.8 Å². The number of carbonyl (C=O) groups is 2. The number of pyridine rings is 1. The topological polar surface area (TPSA) is 65.5 Å². The Labute approximate surface area is 195 Å². The van der Waals surface area contributed by atoms with E-state index in [2.05, 4.69) is 20.8 Å². The zero-order valence-corrected chi connectivity index (χ0v) is 19.5. The van der Waals surface area contributed by atoms with E-state index in [0.717, 1.165) is 24.8 Å². The van der Waals surface area contributed by atoms with Gasteiger partial charge in [-0.15, -0.1) is 0 Å². The van der Waals surface area contributed by atoms with Gasteiger partial charge in [-0.05, 0) is 42.7 Å². The molecule has 3 unspecified atom stereocenters. The van der Waals surface area contributed by atoms with Crippen molar-refractivity contribution in [2.45, 2.75) is 46.1 Å². The summed E-state index contributed by atoms with van der Waals surface area (Å²) < 4.78 is 11.2. The Morgan fingerprint density at radius 2 is 1.76 bits per heavy atom. The van der Waals surface area contributed by atoms with E-state index in [1.165, 1.54) is 0 Å². The maximum Gasteiger partial charge on any atom is 0.344 e. The molecule has 4 rings (SSSR count). The lowest BCUT2D eigenvalue weighted by molar-refractivity contribution is -0.159. The average molecular weight is 446 g/mol. The van der Waals surface area contributed by atoms with Crippen LogP contribution in [-0.2, 0) is 14.3 Å². The van der Waals surface area contributed by atoms with Gasteiger partial charge in [0, 0.05) is 10.9 Å². The SMILES string of the molecule is CC1CCC(C(C)C)C(OC(=O)COC(=O)c2cc(-c3ccccc3)nc3ccccc23)C1. The Morgan fingerprint density at radius 1 is 1.03 bits per heavy atom. The predicted octanol–water partition coefficient (Wildman–Crippen LogP) is 6.06. The smallest absolute Gasteiger partial charge is 0.344 e. The number of rotatable bonds is 6. The van der Waals surface area contributed by atoms with Crippen molar-refractivity contribution in [1.29, 1.82) is 0 Å². The third-order valence-electron chi connectivity index (χ3n) is 6.57. The van der Waals surface area contributed by atoms with E-state index in [1.54, 1.807) is 6.07 Å². The van der Waals surface area contributed by atoms with Crippen molar-refractivity contribution in [3.8, 4) is 11.3 Å². The van der Waals surface area contributed by atoms with E-state index < -0.39 is 18.5 Å². The molecule has 2 aromatic carbocycles. The van der Waals surface area contributed by atoms with Crippen LogP contribution in [0.5, 0.6) is 0 Å². The summed E-state index contributed by atoms with van der Waals surface area (Å²) in [7, 11) is 0. The van der Waals surface area contributed by atoms with Gasteiger partial charge >= 0.3 is 11.9 Å². The second-order valence-electron chi connectivity index (χ2n) is 9.37. The molecule has 33 heavy (non-hydrogen) atoms. The van der Waals surface area contributed by atoms with Crippen LogP contribution in [0.3, 0.4) is 0 Å². The molecule has 1 heterocycles. The Balaban J connectivity index is 1.49. The number of fused-ring (bicyclic) bond motifs is 1. The first-order valence-electron chi connectivity index (χ1n) is 11.7. The molecule has 0 bridgehead atoms. The van der Waals surface area contributed by atoms with Gasteiger partial charge in [-0.3, -0.25) is 0 Å². The van der Waals surface area contributed by atoms with Crippen molar-refractivity contribution in [1.82, 2.24) is 4.98 Å². The van der Waals surface area contributed by atoms with Gasteiger partial charge in [0.2, 0.25) is 0 Å². The summed E-state index contributed by atoms with van der Waals surface area (Å²) in [4.78, 5) is 30.3. The highest BCUT2D eigenvalue weighted by Crippen LogP contribution is 2.35. The van der Waals surface area contributed by atoms with Crippen LogP contribution in [-0.4, -0.2) is 29.6 Å². The number of hydrogen-bond acceptors (Lipinski definition) is 5. The lowest BCUT2D eigenvalue weighted by Crippen LogP contribution is -2.36. The molecule has 5 nitrogen and oxygen atoms in total. The molecule has 1 aliphatic rings. The number of hydrogen-bond donors (Lipinski definition) is 0. The van der Waals surface area contributed by atoms with E-state index in [1.807, 2.05) is 54.6 Å². The molecule has 0 radical (unpaired) electrons. The molecule has 0 saturated heterocycles. The van der Waals surface area contributed by atoms with Gasteiger partial charge in [0.1, 0.15) is 6.10 Å². The van der Waals surface area contributed by atoms with Crippen LogP contribution < -0.4 is 0 Å². The first kappa shape index (κ1) is 23.0. The van der Waals surface area contributed by atoms with Crippen molar-refractivity contribution in [3.63, 3.8) is 0 Å². The molecule has 3 atom stereocenters. The Hall–Kier alpha value is -3.21. The van der Waals surface area contributed by atoms with Crippen molar-refractivity contribution in [2.75, 3.05) is 6.61 Å². The van der Waals surface area contributed by atoms with Crippen LogP contribution in [0.4, 0.5) is 0 Å². The van der Waals surface area contributed by atoms with Crippen LogP contribution in [0.15, 0.2) is 60.7 Å². The summed E-state index contributed by atoms with van der Waals surface area (Å²) in [6.07, 6.45) is 2.95. The molecular formula is C28H31NO4. The van der Waals surface area contributed by atoms with Gasteiger partial charge in [0.05, 0.1) is 16.8 Å². The lowest BCUT2D eigenvalue weighted by atomic mass is 9.75. The van der Waals surface area contributed by atoms with E-state index in [9.17, 15) is 9.59 Å². The third kappa shape index (κ3) is 5.41. The maximum absolute atomic E-state index is 13.0.